The van der Waals surface area contributed by atoms with Gasteiger partial charge in [0.15, 0.2) is 0 Å². The molecule has 0 amide bonds. The lowest BCUT2D eigenvalue weighted by molar-refractivity contribution is -0.134. The highest BCUT2D eigenvalue weighted by Gasteiger charge is 1.65. The van der Waals surface area contributed by atoms with Crippen LogP contribution < -0.4 is 0 Å². The van der Waals surface area contributed by atoms with Crippen molar-refractivity contribution in [2.75, 3.05) is 0 Å². The average molecular weight is 86.1 g/mol. The van der Waals surface area contributed by atoms with E-state index < -0.39 is 5.97 Å². The highest BCUT2D eigenvalue weighted by atomic mass is 16.4. The van der Waals surface area contributed by atoms with E-state index in [0.29, 0.717) is 0 Å². The van der Waals surface area contributed by atoms with Crippen molar-refractivity contribution in [3.05, 3.63) is 0 Å². The van der Waals surface area contributed by atoms with Crippen LogP contribution in [0.25, 0.3) is 0 Å². The summed E-state index contributed by atoms with van der Waals surface area (Å²) in [4.78, 5) is 9.00. The molecule has 0 aromatic rings. The van der Waals surface area contributed by atoms with E-state index in [1.54, 1.807) is 0 Å². The van der Waals surface area contributed by atoms with Crippen LogP contribution in [0.5, 0.6) is 0 Å². The van der Waals surface area contributed by atoms with Crippen LogP contribution in [-0.2, 0) is 4.79 Å². The Hall–Kier alpha value is -0.970. The molecule has 0 aromatic heterocycles. The van der Waals surface area contributed by atoms with E-state index in [1.165, 1.54) is 0 Å². The highest BCUT2D eigenvalue weighted by Crippen LogP contribution is 1.42. The summed E-state index contributed by atoms with van der Waals surface area (Å²) < 4.78 is 0. The molecule has 6 heavy (non-hydrogen) atoms. The fourth-order valence-electron chi connectivity index (χ4n) is 0. The van der Waals surface area contributed by atoms with Crippen molar-refractivity contribution < 1.29 is 9.90 Å². The zero-order chi connectivity index (χ0) is 5.58. The first kappa shape index (κ1) is 8.90. The quantitative estimate of drug-likeness (QED) is 0.431. The Morgan fingerprint density at radius 1 is 1.67 bits per heavy atom. The summed E-state index contributed by atoms with van der Waals surface area (Å²) in [6.45, 7) is 1.08. The lowest BCUT2D eigenvalue weighted by Crippen LogP contribution is -1.78. The van der Waals surface area contributed by atoms with Gasteiger partial charge in [-0.1, -0.05) is 0 Å². The molecule has 2 heteroatoms. The van der Waals surface area contributed by atoms with E-state index >= 15 is 0 Å². The first-order valence-electron chi connectivity index (χ1n) is 1.26. The Bertz CT molecular complexity index is 49.8. The highest BCUT2D eigenvalue weighted by molar-refractivity contribution is 5.62. The molecule has 0 radical (unpaired) electrons. The largest absolute Gasteiger partial charge is 0.481 e. The summed E-state index contributed by atoms with van der Waals surface area (Å²) in [7, 11) is 0. The number of terminal acetylenes is 1. The van der Waals surface area contributed by atoms with E-state index in [9.17, 15) is 0 Å². The van der Waals surface area contributed by atoms with Gasteiger partial charge < -0.3 is 5.11 Å². The van der Waals surface area contributed by atoms with Gasteiger partial charge in [-0.2, -0.15) is 0 Å². The Morgan fingerprint density at radius 3 is 1.67 bits per heavy atom. The topological polar surface area (TPSA) is 37.3 Å². The van der Waals surface area contributed by atoms with Crippen molar-refractivity contribution in [2.24, 2.45) is 0 Å². The van der Waals surface area contributed by atoms with E-state index in [0.717, 1.165) is 6.92 Å². The fourth-order valence-corrected chi connectivity index (χ4v) is 0. The van der Waals surface area contributed by atoms with Crippen molar-refractivity contribution >= 4 is 5.97 Å². The fraction of sp³-hybridized carbons (Fsp3) is 0.250. The van der Waals surface area contributed by atoms with Crippen LogP contribution in [-0.4, -0.2) is 11.1 Å². The van der Waals surface area contributed by atoms with Gasteiger partial charge in [0.1, 0.15) is 0 Å². The van der Waals surface area contributed by atoms with Gasteiger partial charge in [0.05, 0.1) is 0 Å². The van der Waals surface area contributed by atoms with E-state index in [2.05, 4.69) is 12.8 Å². The molecular formula is C4H6O2. The van der Waals surface area contributed by atoms with Crippen LogP contribution in [0.4, 0.5) is 0 Å². The van der Waals surface area contributed by atoms with Crippen molar-refractivity contribution in [1.29, 1.82) is 0 Å². The number of carboxylic acids is 1. The number of hydrogen-bond acceptors (Lipinski definition) is 1. The first-order valence-corrected chi connectivity index (χ1v) is 1.26. The molecule has 0 bridgehead atoms. The van der Waals surface area contributed by atoms with E-state index in [-0.39, 0.29) is 0 Å². The molecular weight excluding hydrogens is 80.0 g/mol. The molecule has 0 heterocycles. The second kappa shape index (κ2) is 8.98. The molecule has 0 aliphatic heterocycles. The predicted molar refractivity (Wildman–Crippen MR) is 23.2 cm³/mol. The van der Waals surface area contributed by atoms with Gasteiger partial charge in [-0.15, -0.1) is 12.8 Å². The van der Waals surface area contributed by atoms with Gasteiger partial charge in [-0.05, 0) is 0 Å². The molecule has 1 N–H and O–H groups in total. The standard InChI is InChI=1S/C2H4O2.C2H2/c1-2(3)4;1-2/h1H3,(H,3,4);1-2H. The molecule has 34 valence electrons. The minimum atomic E-state index is -0.833. The van der Waals surface area contributed by atoms with Crippen LogP contribution in [0.1, 0.15) is 6.92 Å². The predicted octanol–water partition coefficient (Wildman–Crippen LogP) is 0.340. The van der Waals surface area contributed by atoms with Crippen LogP contribution in [0, 0.1) is 12.8 Å². The second-order valence-corrected chi connectivity index (χ2v) is 0.519. The maximum Gasteiger partial charge on any atom is 0.300 e. The van der Waals surface area contributed by atoms with Crippen LogP contribution in [0.15, 0.2) is 0 Å². The maximum atomic E-state index is 9.00. The average Bonchev–Trinajstić information content (AvgIpc) is 1.41. The van der Waals surface area contributed by atoms with Crippen molar-refractivity contribution in [3.63, 3.8) is 0 Å². The molecule has 0 saturated heterocycles. The molecule has 0 spiro atoms. The summed E-state index contributed by atoms with van der Waals surface area (Å²) >= 11 is 0. The van der Waals surface area contributed by atoms with Gasteiger partial charge in [0, 0.05) is 6.92 Å². The summed E-state index contributed by atoms with van der Waals surface area (Å²) in [6, 6.07) is 0. The summed E-state index contributed by atoms with van der Waals surface area (Å²) in [5.74, 6) is -0.833. The molecule has 2 nitrogen and oxygen atoms in total. The lowest BCUT2D eigenvalue weighted by Gasteiger charge is -1.59. The molecule has 0 aromatic carbocycles. The molecule has 0 unspecified atom stereocenters. The van der Waals surface area contributed by atoms with Crippen molar-refractivity contribution in [2.45, 2.75) is 6.92 Å². The van der Waals surface area contributed by atoms with Gasteiger partial charge >= 0.3 is 0 Å². The normalized spacial score (nSPS) is 4.50. The SMILES string of the molecule is C#C.CC(=O)O. The number of hydrogen-bond donors (Lipinski definition) is 1. The third-order valence-electron chi connectivity index (χ3n) is 0. The van der Waals surface area contributed by atoms with Crippen molar-refractivity contribution in [3.8, 4) is 12.8 Å². The minimum absolute atomic E-state index is 0.833. The molecule has 0 atom stereocenters. The van der Waals surface area contributed by atoms with Gasteiger partial charge in [0.25, 0.3) is 5.97 Å². The zero-order valence-corrected chi connectivity index (χ0v) is 3.51. The first-order chi connectivity index (χ1) is 2.73. The summed E-state index contributed by atoms with van der Waals surface area (Å²) in [5.41, 5.74) is 0. The number of rotatable bonds is 0. The van der Waals surface area contributed by atoms with Gasteiger partial charge in [-0.3, -0.25) is 4.79 Å². The molecule has 0 aliphatic carbocycles. The minimum Gasteiger partial charge on any atom is -0.481 e. The number of aliphatic carboxylic acids is 1. The second-order valence-electron chi connectivity index (χ2n) is 0.519. The Labute approximate surface area is 36.8 Å². The van der Waals surface area contributed by atoms with E-state index in [1.807, 2.05) is 0 Å². The van der Waals surface area contributed by atoms with Crippen LogP contribution >= 0.6 is 0 Å². The lowest BCUT2D eigenvalue weighted by atomic mass is 10.9. The summed E-state index contributed by atoms with van der Waals surface area (Å²) in [5, 5.41) is 7.42. The van der Waals surface area contributed by atoms with Crippen LogP contribution in [0.3, 0.4) is 0 Å². The van der Waals surface area contributed by atoms with Gasteiger partial charge in [0.2, 0.25) is 0 Å². The van der Waals surface area contributed by atoms with Crippen LogP contribution in [0.2, 0.25) is 0 Å². The zero-order valence-electron chi connectivity index (χ0n) is 3.51. The third kappa shape index (κ3) is 13.3. The smallest absolute Gasteiger partial charge is 0.300 e. The third-order valence-corrected chi connectivity index (χ3v) is 0. The monoisotopic (exact) mass is 86.0 g/mol. The van der Waals surface area contributed by atoms with E-state index in [4.69, 9.17) is 9.90 Å². The molecule has 0 aliphatic rings. The Morgan fingerprint density at radius 2 is 1.67 bits per heavy atom. The summed E-state index contributed by atoms with van der Waals surface area (Å²) in [6.07, 6.45) is 8.00. The Balaban J connectivity index is 0. The van der Waals surface area contributed by atoms with Crippen molar-refractivity contribution in [1.82, 2.24) is 0 Å². The number of carbonyl (C=O) groups is 1. The van der Waals surface area contributed by atoms with Gasteiger partial charge in [-0.25, -0.2) is 0 Å². The Kier molecular flexibility index (Phi) is 13.3. The molecule has 0 saturated carbocycles. The maximum absolute atomic E-state index is 9.00. The molecule has 0 rings (SSSR count). The number of carboxylic acid groups (broad SMARTS) is 1. The molecule has 0 fully saturated rings.